The summed E-state index contributed by atoms with van der Waals surface area (Å²) in [4.78, 5) is 19.7. The van der Waals surface area contributed by atoms with E-state index < -0.39 is 20.3 Å². The Morgan fingerprint density at radius 3 is 1.24 bits per heavy atom. The Morgan fingerprint density at radius 2 is 1.24 bits per heavy atom. The highest BCUT2D eigenvalue weighted by Crippen LogP contribution is 1.99. The Hall–Kier alpha value is -1.19. The zero-order valence-corrected chi connectivity index (χ0v) is 16.9. The highest BCUT2D eigenvalue weighted by molar-refractivity contribution is 6.73. The molecule has 0 aromatic carbocycles. The summed E-state index contributed by atoms with van der Waals surface area (Å²) in [5, 5.41) is 16.2. The van der Waals surface area contributed by atoms with Gasteiger partial charge in [-0.1, -0.05) is 18.7 Å². The third-order valence-electron chi connectivity index (χ3n) is 2.12. The Morgan fingerprint density at radius 1 is 0.952 bits per heavy atom. The zero-order chi connectivity index (χ0) is 17.6. The highest BCUT2D eigenvalue weighted by Gasteiger charge is 2.10. The standard InChI is InChI=1S/2C5H8O2.C4H14OSi2/c2*1-3-4(2)5(6)7;1-6-5-7(2,3)4/h2*3H,1-2H3,(H,6,7);6H2,1-4H3. The van der Waals surface area contributed by atoms with Crippen molar-refractivity contribution in [3.8, 4) is 0 Å². The van der Waals surface area contributed by atoms with Crippen LogP contribution in [0, 0.1) is 0 Å². The van der Waals surface area contributed by atoms with Crippen LogP contribution < -0.4 is 0 Å². The molecule has 21 heavy (non-hydrogen) atoms. The molecule has 0 atom stereocenters. The molecule has 0 saturated heterocycles. The lowest BCUT2D eigenvalue weighted by Crippen LogP contribution is -2.26. The van der Waals surface area contributed by atoms with Crippen molar-refractivity contribution in [1.82, 2.24) is 0 Å². The van der Waals surface area contributed by atoms with Crippen LogP contribution in [0.25, 0.3) is 0 Å². The van der Waals surface area contributed by atoms with E-state index in [9.17, 15) is 9.59 Å². The summed E-state index contributed by atoms with van der Waals surface area (Å²) in [7, 11) is -1.22. The quantitative estimate of drug-likeness (QED) is 0.610. The molecular formula is C14H30O5Si2. The predicted octanol–water partition coefficient (Wildman–Crippen LogP) is 3.04. The number of hydrogen-bond acceptors (Lipinski definition) is 3. The van der Waals surface area contributed by atoms with Crippen LogP contribution in [-0.4, -0.2) is 40.2 Å². The van der Waals surface area contributed by atoms with Gasteiger partial charge in [-0.2, -0.15) is 0 Å². The SMILES string of the molecule is CC=C(C)C(=O)O.CC=C(C)C(=O)O.C[SiH2]O[Si](C)(C)C. The Kier molecular flexibility index (Phi) is 16.3. The minimum absolute atomic E-state index is 0.128. The molecular weight excluding hydrogens is 304 g/mol. The molecule has 0 spiro atoms. The molecule has 124 valence electrons. The highest BCUT2D eigenvalue weighted by atomic mass is 28.4. The first-order valence-electron chi connectivity index (χ1n) is 6.79. The average molecular weight is 335 g/mol. The number of allylic oxidation sites excluding steroid dienone is 2. The second kappa shape index (κ2) is 13.8. The van der Waals surface area contributed by atoms with Crippen molar-refractivity contribution >= 4 is 30.0 Å². The van der Waals surface area contributed by atoms with Gasteiger partial charge in [0.05, 0.1) is 0 Å². The van der Waals surface area contributed by atoms with Crippen molar-refractivity contribution < 1.29 is 23.9 Å². The molecule has 5 nitrogen and oxygen atoms in total. The van der Waals surface area contributed by atoms with E-state index in [0.717, 1.165) is 0 Å². The topological polar surface area (TPSA) is 83.8 Å². The maximum Gasteiger partial charge on any atom is 0.330 e. The summed E-state index contributed by atoms with van der Waals surface area (Å²) in [5.74, 6) is -1.69. The lowest BCUT2D eigenvalue weighted by Gasteiger charge is -2.14. The van der Waals surface area contributed by atoms with Gasteiger partial charge in [-0.25, -0.2) is 9.59 Å². The fourth-order valence-corrected chi connectivity index (χ4v) is 4.14. The summed E-state index contributed by atoms with van der Waals surface area (Å²) in [5.41, 5.74) is 0.778. The van der Waals surface area contributed by atoms with Gasteiger partial charge in [-0.3, -0.25) is 0 Å². The molecule has 0 aromatic rings. The number of rotatable bonds is 4. The normalized spacial score (nSPS) is 12.2. The maximum absolute atomic E-state index is 9.86. The van der Waals surface area contributed by atoms with Crippen LogP contribution >= 0.6 is 0 Å². The molecule has 0 unspecified atom stereocenters. The number of carboxylic acids is 2. The van der Waals surface area contributed by atoms with Crippen LogP contribution in [0.4, 0.5) is 0 Å². The third-order valence-corrected chi connectivity index (χ3v) is 6.74. The average Bonchev–Trinajstić information content (AvgIpc) is 2.36. The van der Waals surface area contributed by atoms with Crippen molar-refractivity contribution in [1.29, 1.82) is 0 Å². The molecule has 0 aliphatic heterocycles. The van der Waals surface area contributed by atoms with Crippen LogP contribution in [-0.2, 0) is 13.7 Å². The van der Waals surface area contributed by atoms with E-state index >= 15 is 0 Å². The molecule has 0 heterocycles. The monoisotopic (exact) mass is 334 g/mol. The lowest BCUT2D eigenvalue weighted by atomic mass is 10.3. The van der Waals surface area contributed by atoms with Crippen molar-refractivity contribution in [2.45, 2.75) is 53.9 Å². The summed E-state index contributed by atoms with van der Waals surface area (Å²) in [6.07, 6.45) is 3.12. The minimum Gasteiger partial charge on any atom is -0.478 e. The fraction of sp³-hybridized carbons (Fsp3) is 0.571. The van der Waals surface area contributed by atoms with E-state index in [1.54, 1.807) is 39.8 Å². The van der Waals surface area contributed by atoms with Gasteiger partial charge in [-0.15, -0.1) is 0 Å². The number of carbonyl (C=O) groups is 2. The van der Waals surface area contributed by atoms with E-state index in [4.69, 9.17) is 14.3 Å². The molecule has 0 aromatic heterocycles. The van der Waals surface area contributed by atoms with E-state index in [-0.39, 0.29) is 9.76 Å². The number of carboxylic acid groups (broad SMARTS) is 2. The van der Waals surface area contributed by atoms with E-state index in [2.05, 4.69) is 26.2 Å². The first-order chi connectivity index (χ1) is 9.42. The van der Waals surface area contributed by atoms with Crippen LogP contribution in [0.1, 0.15) is 27.7 Å². The van der Waals surface area contributed by atoms with Crippen molar-refractivity contribution in [3.63, 3.8) is 0 Å². The predicted molar refractivity (Wildman–Crippen MR) is 93.0 cm³/mol. The second-order valence-electron chi connectivity index (χ2n) is 5.10. The van der Waals surface area contributed by atoms with Crippen molar-refractivity contribution in [2.75, 3.05) is 0 Å². The van der Waals surface area contributed by atoms with Crippen LogP contribution in [0.15, 0.2) is 23.3 Å². The molecule has 0 fully saturated rings. The third kappa shape index (κ3) is 24.2. The van der Waals surface area contributed by atoms with Crippen molar-refractivity contribution in [3.05, 3.63) is 23.3 Å². The lowest BCUT2D eigenvalue weighted by molar-refractivity contribution is -0.133. The van der Waals surface area contributed by atoms with Crippen LogP contribution in [0.5, 0.6) is 0 Å². The van der Waals surface area contributed by atoms with Gasteiger partial charge in [0, 0.05) is 11.1 Å². The second-order valence-corrected chi connectivity index (χ2v) is 11.1. The Balaban J connectivity index is -0.000000231. The van der Waals surface area contributed by atoms with Gasteiger partial charge in [0.1, 0.15) is 9.76 Å². The molecule has 0 bridgehead atoms. The Labute approximate surface area is 131 Å². The van der Waals surface area contributed by atoms with Crippen molar-refractivity contribution in [2.24, 2.45) is 0 Å². The molecule has 7 heteroatoms. The summed E-state index contributed by atoms with van der Waals surface area (Å²) >= 11 is 0. The van der Waals surface area contributed by atoms with Gasteiger partial charge in [-0.05, 0) is 47.3 Å². The fourth-order valence-electron chi connectivity index (χ4n) is 0.680. The molecule has 0 amide bonds. The number of hydrogen-bond donors (Lipinski definition) is 2. The van der Waals surface area contributed by atoms with Gasteiger partial charge < -0.3 is 14.3 Å². The summed E-state index contributed by atoms with van der Waals surface area (Å²) in [6, 6.07) is 0. The van der Waals surface area contributed by atoms with Gasteiger partial charge in [0.2, 0.25) is 0 Å². The zero-order valence-electron chi connectivity index (χ0n) is 14.5. The first-order valence-corrected chi connectivity index (χ1v) is 12.2. The van der Waals surface area contributed by atoms with E-state index in [1.807, 2.05) is 0 Å². The number of aliphatic carboxylic acids is 2. The van der Waals surface area contributed by atoms with E-state index in [0.29, 0.717) is 11.1 Å². The van der Waals surface area contributed by atoms with E-state index in [1.165, 1.54) is 0 Å². The molecule has 0 aliphatic carbocycles. The van der Waals surface area contributed by atoms with Crippen LogP contribution in [0.3, 0.4) is 0 Å². The van der Waals surface area contributed by atoms with Gasteiger partial charge >= 0.3 is 11.9 Å². The largest absolute Gasteiger partial charge is 0.478 e. The molecule has 0 radical (unpaired) electrons. The van der Waals surface area contributed by atoms with Gasteiger partial charge in [0.15, 0.2) is 8.32 Å². The minimum atomic E-state index is -1.10. The Bertz CT molecular complexity index is 340. The molecule has 0 rings (SSSR count). The first kappa shape index (κ1) is 24.8. The summed E-state index contributed by atoms with van der Waals surface area (Å²) in [6.45, 7) is 15.4. The molecule has 0 saturated carbocycles. The van der Waals surface area contributed by atoms with Gasteiger partial charge in [0.25, 0.3) is 0 Å². The maximum atomic E-state index is 9.86. The molecule has 2 N–H and O–H groups in total. The summed E-state index contributed by atoms with van der Waals surface area (Å²) < 4.78 is 5.51. The molecule has 0 aliphatic rings. The van der Waals surface area contributed by atoms with Crippen LogP contribution in [0.2, 0.25) is 26.2 Å². The smallest absolute Gasteiger partial charge is 0.330 e.